The molecular formula is C21H28N2O5S. The second-order valence-corrected chi connectivity index (χ2v) is 8.85. The lowest BCUT2D eigenvalue weighted by molar-refractivity contribution is -0.120. The quantitative estimate of drug-likeness (QED) is 0.710. The summed E-state index contributed by atoms with van der Waals surface area (Å²) in [5.74, 6) is 0.441. The van der Waals surface area contributed by atoms with Crippen LogP contribution < -0.4 is 19.1 Å². The van der Waals surface area contributed by atoms with Gasteiger partial charge in [0.2, 0.25) is 15.9 Å². The Morgan fingerprint density at radius 1 is 1.03 bits per heavy atom. The van der Waals surface area contributed by atoms with Crippen molar-refractivity contribution in [3.05, 3.63) is 53.1 Å². The number of benzene rings is 2. The van der Waals surface area contributed by atoms with Crippen molar-refractivity contribution in [3.63, 3.8) is 0 Å². The van der Waals surface area contributed by atoms with Crippen LogP contribution in [0.3, 0.4) is 0 Å². The van der Waals surface area contributed by atoms with Crippen LogP contribution in [-0.4, -0.2) is 41.3 Å². The number of amides is 1. The SMILES string of the molecule is COc1ccc(N(CC(=O)N[C@H](C)c2ccc(C)c(C)c2)S(C)(=O)=O)cc1OC. The summed E-state index contributed by atoms with van der Waals surface area (Å²) in [6.45, 7) is 5.55. The van der Waals surface area contributed by atoms with E-state index in [4.69, 9.17) is 9.47 Å². The number of hydrogen-bond acceptors (Lipinski definition) is 5. The molecule has 0 fully saturated rings. The molecule has 0 aliphatic heterocycles. The van der Waals surface area contributed by atoms with Gasteiger partial charge < -0.3 is 14.8 Å². The lowest BCUT2D eigenvalue weighted by Crippen LogP contribution is -2.41. The molecule has 0 heterocycles. The Kier molecular flexibility index (Phi) is 7.13. The minimum Gasteiger partial charge on any atom is -0.493 e. The van der Waals surface area contributed by atoms with Gasteiger partial charge in [0, 0.05) is 6.07 Å². The van der Waals surface area contributed by atoms with Gasteiger partial charge in [-0.05, 0) is 49.6 Å². The van der Waals surface area contributed by atoms with Gasteiger partial charge in [-0.3, -0.25) is 9.10 Å². The van der Waals surface area contributed by atoms with Gasteiger partial charge in [0.15, 0.2) is 11.5 Å². The highest BCUT2D eigenvalue weighted by molar-refractivity contribution is 7.92. The number of nitrogens with one attached hydrogen (secondary N) is 1. The number of sulfonamides is 1. The first kappa shape index (κ1) is 22.5. The first-order valence-corrected chi connectivity index (χ1v) is 11.0. The van der Waals surface area contributed by atoms with Gasteiger partial charge >= 0.3 is 0 Å². The highest BCUT2D eigenvalue weighted by Gasteiger charge is 2.23. The van der Waals surface area contributed by atoms with Crippen molar-refractivity contribution >= 4 is 21.6 Å². The third-order valence-corrected chi connectivity index (χ3v) is 5.89. The van der Waals surface area contributed by atoms with E-state index in [0.29, 0.717) is 17.2 Å². The van der Waals surface area contributed by atoms with Crippen LogP contribution in [-0.2, 0) is 14.8 Å². The smallest absolute Gasteiger partial charge is 0.241 e. The molecule has 0 unspecified atom stereocenters. The van der Waals surface area contributed by atoms with Gasteiger partial charge in [-0.15, -0.1) is 0 Å². The standard InChI is InChI=1S/C21H28N2O5S/c1-14-7-8-17(11-15(14)2)16(3)22-21(24)13-23(29(6,25)26)18-9-10-19(27-4)20(12-18)28-5/h7-12,16H,13H2,1-6H3,(H,22,24)/t16-/m1/s1. The predicted molar refractivity (Wildman–Crippen MR) is 114 cm³/mol. The van der Waals surface area contributed by atoms with Crippen LogP contribution in [0.15, 0.2) is 36.4 Å². The number of nitrogens with zero attached hydrogens (tertiary/aromatic N) is 1. The lowest BCUT2D eigenvalue weighted by atomic mass is 10.0. The summed E-state index contributed by atoms with van der Waals surface area (Å²) in [6.07, 6.45) is 1.06. The molecule has 0 aliphatic carbocycles. The molecule has 0 aliphatic rings. The third-order valence-electron chi connectivity index (χ3n) is 4.75. The van der Waals surface area contributed by atoms with Gasteiger partial charge in [0.05, 0.1) is 32.2 Å². The maximum absolute atomic E-state index is 12.6. The molecule has 0 bridgehead atoms. The van der Waals surface area contributed by atoms with Crippen LogP contribution in [0.2, 0.25) is 0 Å². The van der Waals surface area contributed by atoms with Gasteiger partial charge in [0.1, 0.15) is 6.54 Å². The molecule has 0 saturated carbocycles. The van der Waals surface area contributed by atoms with Crippen molar-refractivity contribution in [3.8, 4) is 11.5 Å². The summed E-state index contributed by atoms with van der Waals surface area (Å²) in [6, 6.07) is 10.4. The molecule has 1 N–H and O–H groups in total. The average molecular weight is 421 g/mol. The number of rotatable bonds is 8. The van der Waals surface area contributed by atoms with Gasteiger partial charge in [-0.1, -0.05) is 18.2 Å². The fourth-order valence-electron chi connectivity index (χ4n) is 2.91. The van der Waals surface area contributed by atoms with Crippen molar-refractivity contribution in [2.45, 2.75) is 26.8 Å². The number of carbonyl (C=O) groups excluding carboxylic acids is 1. The molecule has 2 aromatic rings. The van der Waals surface area contributed by atoms with Gasteiger partial charge in [-0.25, -0.2) is 8.42 Å². The molecule has 2 aromatic carbocycles. The van der Waals surface area contributed by atoms with E-state index in [-0.39, 0.29) is 12.6 Å². The molecule has 8 heteroatoms. The molecular weight excluding hydrogens is 392 g/mol. The van der Waals surface area contributed by atoms with Crippen LogP contribution >= 0.6 is 0 Å². The highest BCUT2D eigenvalue weighted by Crippen LogP contribution is 2.32. The number of anilines is 1. The van der Waals surface area contributed by atoms with Crippen molar-refractivity contribution in [1.82, 2.24) is 5.32 Å². The summed E-state index contributed by atoms with van der Waals surface area (Å²) in [5, 5.41) is 2.87. The van der Waals surface area contributed by atoms with E-state index in [0.717, 1.165) is 21.7 Å². The Balaban J connectivity index is 2.22. The molecule has 0 spiro atoms. The van der Waals surface area contributed by atoms with E-state index in [1.165, 1.54) is 25.8 Å². The highest BCUT2D eigenvalue weighted by atomic mass is 32.2. The topological polar surface area (TPSA) is 84.9 Å². The van der Waals surface area contributed by atoms with Gasteiger partial charge in [0.25, 0.3) is 0 Å². The van der Waals surface area contributed by atoms with Crippen molar-refractivity contribution in [1.29, 1.82) is 0 Å². The fourth-order valence-corrected chi connectivity index (χ4v) is 3.76. The minimum atomic E-state index is -3.69. The molecule has 2 rings (SSSR count). The Hall–Kier alpha value is -2.74. The van der Waals surface area contributed by atoms with E-state index in [1.807, 2.05) is 39.0 Å². The first-order chi connectivity index (χ1) is 13.6. The fraction of sp³-hybridized carbons (Fsp3) is 0.381. The van der Waals surface area contributed by atoms with Gasteiger partial charge in [-0.2, -0.15) is 0 Å². The Morgan fingerprint density at radius 3 is 2.24 bits per heavy atom. The molecule has 0 radical (unpaired) electrons. The van der Waals surface area contributed by atoms with Crippen LogP contribution in [0.5, 0.6) is 11.5 Å². The van der Waals surface area contributed by atoms with E-state index in [9.17, 15) is 13.2 Å². The number of aryl methyl sites for hydroxylation is 2. The van der Waals surface area contributed by atoms with E-state index < -0.39 is 15.9 Å². The Labute approximate surface area is 172 Å². The second-order valence-electron chi connectivity index (χ2n) is 6.94. The monoisotopic (exact) mass is 420 g/mol. The zero-order valence-corrected chi connectivity index (χ0v) is 18.5. The number of ether oxygens (including phenoxy) is 2. The molecule has 158 valence electrons. The third kappa shape index (κ3) is 5.63. The van der Waals surface area contributed by atoms with Crippen LogP contribution in [0.1, 0.15) is 29.7 Å². The molecule has 0 saturated heterocycles. The van der Waals surface area contributed by atoms with E-state index >= 15 is 0 Å². The van der Waals surface area contributed by atoms with Crippen LogP contribution in [0.25, 0.3) is 0 Å². The summed E-state index contributed by atoms with van der Waals surface area (Å²) >= 11 is 0. The van der Waals surface area contributed by atoms with Crippen molar-refractivity contribution in [2.24, 2.45) is 0 Å². The maximum atomic E-state index is 12.6. The Morgan fingerprint density at radius 2 is 1.69 bits per heavy atom. The summed E-state index contributed by atoms with van der Waals surface area (Å²) in [5.41, 5.74) is 3.58. The number of hydrogen-bond donors (Lipinski definition) is 1. The van der Waals surface area contributed by atoms with E-state index in [1.54, 1.807) is 12.1 Å². The molecule has 1 amide bonds. The van der Waals surface area contributed by atoms with Crippen LogP contribution in [0, 0.1) is 13.8 Å². The molecule has 0 aromatic heterocycles. The summed E-state index contributed by atoms with van der Waals surface area (Å²) < 4.78 is 36.1. The average Bonchev–Trinajstić information content (AvgIpc) is 2.66. The van der Waals surface area contributed by atoms with Crippen LogP contribution in [0.4, 0.5) is 5.69 Å². The zero-order valence-electron chi connectivity index (χ0n) is 17.6. The predicted octanol–water partition coefficient (Wildman–Crippen LogP) is 2.96. The second kappa shape index (κ2) is 9.17. The largest absolute Gasteiger partial charge is 0.493 e. The van der Waals surface area contributed by atoms with Crippen molar-refractivity contribution < 1.29 is 22.7 Å². The maximum Gasteiger partial charge on any atom is 0.241 e. The summed E-state index contributed by atoms with van der Waals surface area (Å²) in [7, 11) is -0.738. The zero-order chi connectivity index (χ0) is 21.8. The van der Waals surface area contributed by atoms with E-state index in [2.05, 4.69) is 5.32 Å². The minimum absolute atomic E-state index is 0.256. The normalized spacial score (nSPS) is 12.2. The molecule has 7 nitrogen and oxygen atoms in total. The Bertz CT molecular complexity index is 989. The summed E-state index contributed by atoms with van der Waals surface area (Å²) in [4.78, 5) is 12.6. The van der Waals surface area contributed by atoms with Crippen molar-refractivity contribution in [2.75, 3.05) is 31.3 Å². The number of carbonyl (C=O) groups is 1. The number of methoxy groups -OCH3 is 2. The molecule has 29 heavy (non-hydrogen) atoms. The lowest BCUT2D eigenvalue weighted by Gasteiger charge is -2.24. The first-order valence-electron chi connectivity index (χ1n) is 9.13. The molecule has 1 atom stereocenters.